The Labute approximate surface area is 114 Å². The van der Waals surface area contributed by atoms with Crippen molar-refractivity contribution in [1.82, 2.24) is 5.32 Å². The van der Waals surface area contributed by atoms with Crippen LogP contribution in [0, 0.1) is 11.8 Å². The number of ether oxygens (including phenoxy) is 1. The van der Waals surface area contributed by atoms with Crippen LogP contribution in [0.4, 0.5) is 0 Å². The Kier molecular flexibility index (Phi) is 3.56. The highest BCUT2D eigenvalue weighted by Gasteiger charge is 2.28. The van der Waals surface area contributed by atoms with E-state index in [-0.39, 0.29) is 5.92 Å². The normalized spacial score (nSPS) is 25.1. The molecule has 2 aliphatic heterocycles. The minimum atomic E-state index is 0.220. The largest absolute Gasteiger partial charge is 0.493 e. The monoisotopic (exact) mass is 259 g/mol. The van der Waals surface area contributed by atoms with Gasteiger partial charge in [-0.25, -0.2) is 0 Å². The van der Waals surface area contributed by atoms with Gasteiger partial charge in [-0.15, -0.1) is 0 Å². The number of ketones is 1. The summed E-state index contributed by atoms with van der Waals surface area (Å²) in [7, 11) is 0. The van der Waals surface area contributed by atoms with Gasteiger partial charge in [0, 0.05) is 25.3 Å². The SMILES string of the molecule is CC1CNCC1C(=O)CCc1ccc2c(c1)CCO2. The standard InChI is InChI=1S/C16H21NO2/c1-11-9-17-10-14(11)15(18)4-2-12-3-5-16-13(8-12)6-7-19-16/h3,5,8,11,14,17H,2,4,6-7,9-10H2,1H3. The molecule has 0 bridgehead atoms. The summed E-state index contributed by atoms with van der Waals surface area (Å²) in [5, 5.41) is 3.30. The van der Waals surface area contributed by atoms with E-state index in [1.807, 2.05) is 6.07 Å². The van der Waals surface area contributed by atoms with Gasteiger partial charge >= 0.3 is 0 Å². The Morgan fingerprint density at radius 2 is 2.32 bits per heavy atom. The fourth-order valence-electron chi connectivity index (χ4n) is 3.09. The number of carbonyl (C=O) groups is 1. The van der Waals surface area contributed by atoms with Crippen molar-refractivity contribution in [3.63, 3.8) is 0 Å². The van der Waals surface area contributed by atoms with Crippen molar-refractivity contribution in [3.8, 4) is 5.75 Å². The highest BCUT2D eigenvalue weighted by Crippen LogP contribution is 2.27. The molecule has 2 unspecified atom stereocenters. The lowest BCUT2D eigenvalue weighted by Crippen LogP contribution is -2.21. The second kappa shape index (κ2) is 5.33. The van der Waals surface area contributed by atoms with Crippen LogP contribution in [0.25, 0.3) is 0 Å². The number of benzene rings is 1. The summed E-state index contributed by atoms with van der Waals surface area (Å²) in [5.74, 6) is 2.14. The Bertz CT molecular complexity index is 484. The van der Waals surface area contributed by atoms with Gasteiger partial charge in [-0.1, -0.05) is 19.1 Å². The summed E-state index contributed by atoms with van der Waals surface area (Å²) in [6.07, 6.45) is 2.52. The first-order valence-electron chi connectivity index (χ1n) is 7.22. The summed E-state index contributed by atoms with van der Waals surface area (Å²) in [6, 6.07) is 6.33. The zero-order valence-corrected chi connectivity index (χ0v) is 11.4. The van der Waals surface area contributed by atoms with E-state index in [9.17, 15) is 4.79 Å². The van der Waals surface area contributed by atoms with Crippen molar-refractivity contribution in [2.75, 3.05) is 19.7 Å². The summed E-state index contributed by atoms with van der Waals surface area (Å²) >= 11 is 0. The second-order valence-corrected chi connectivity index (χ2v) is 5.75. The predicted octanol–water partition coefficient (Wildman–Crippen LogP) is 1.98. The van der Waals surface area contributed by atoms with Crippen LogP contribution in [0.1, 0.15) is 24.5 Å². The molecule has 2 atom stereocenters. The lowest BCUT2D eigenvalue weighted by Gasteiger charge is -2.12. The number of hydrogen-bond donors (Lipinski definition) is 1. The number of fused-ring (bicyclic) bond motifs is 1. The minimum absolute atomic E-state index is 0.220. The molecule has 1 aromatic carbocycles. The van der Waals surface area contributed by atoms with Gasteiger partial charge in [0.1, 0.15) is 11.5 Å². The molecule has 1 N–H and O–H groups in total. The van der Waals surface area contributed by atoms with E-state index in [4.69, 9.17) is 4.74 Å². The molecule has 1 aromatic rings. The maximum atomic E-state index is 12.2. The van der Waals surface area contributed by atoms with Crippen molar-refractivity contribution >= 4 is 5.78 Å². The smallest absolute Gasteiger partial charge is 0.137 e. The maximum Gasteiger partial charge on any atom is 0.137 e. The van der Waals surface area contributed by atoms with E-state index >= 15 is 0 Å². The van der Waals surface area contributed by atoms with Crippen LogP contribution >= 0.6 is 0 Å². The van der Waals surface area contributed by atoms with Crippen LogP contribution in [0.2, 0.25) is 0 Å². The number of nitrogens with one attached hydrogen (secondary N) is 1. The molecule has 0 aromatic heterocycles. The van der Waals surface area contributed by atoms with Crippen molar-refractivity contribution in [2.24, 2.45) is 11.8 Å². The van der Waals surface area contributed by atoms with Gasteiger partial charge in [0.25, 0.3) is 0 Å². The molecule has 19 heavy (non-hydrogen) atoms. The number of Topliss-reactive ketones (excluding diaryl/α,β-unsaturated/α-hetero) is 1. The highest BCUT2D eigenvalue weighted by atomic mass is 16.5. The van der Waals surface area contributed by atoms with Crippen LogP contribution in [-0.4, -0.2) is 25.5 Å². The Morgan fingerprint density at radius 1 is 1.42 bits per heavy atom. The summed E-state index contributed by atoms with van der Waals surface area (Å²) in [5.41, 5.74) is 2.55. The molecule has 102 valence electrons. The fraction of sp³-hybridized carbons (Fsp3) is 0.562. The van der Waals surface area contributed by atoms with Gasteiger partial charge in [0.15, 0.2) is 0 Å². The first-order chi connectivity index (χ1) is 9.24. The molecule has 0 saturated carbocycles. The molecule has 2 heterocycles. The predicted molar refractivity (Wildman–Crippen MR) is 74.5 cm³/mol. The van der Waals surface area contributed by atoms with E-state index in [1.54, 1.807) is 0 Å². The first kappa shape index (κ1) is 12.7. The van der Waals surface area contributed by atoms with Gasteiger partial charge in [0.2, 0.25) is 0 Å². The third-order valence-electron chi connectivity index (χ3n) is 4.34. The van der Waals surface area contributed by atoms with Crippen LogP contribution in [0.5, 0.6) is 5.75 Å². The molecule has 0 spiro atoms. The molecule has 0 radical (unpaired) electrons. The molecular weight excluding hydrogens is 238 g/mol. The first-order valence-corrected chi connectivity index (χ1v) is 7.22. The Balaban J connectivity index is 1.58. The quantitative estimate of drug-likeness (QED) is 0.898. The van der Waals surface area contributed by atoms with Crippen LogP contribution < -0.4 is 10.1 Å². The molecule has 3 heteroatoms. The molecule has 1 fully saturated rings. The third kappa shape index (κ3) is 2.66. The number of hydrogen-bond acceptors (Lipinski definition) is 3. The highest BCUT2D eigenvalue weighted by molar-refractivity contribution is 5.82. The van der Waals surface area contributed by atoms with Crippen molar-refractivity contribution in [2.45, 2.75) is 26.2 Å². The molecule has 3 rings (SSSR count). The number of rotatable bonds is 4. The minimum Gasteiger partial charge on any atom is -0.493 e. The summed E-state index contributed by atoms with van der Waals surface area (Å²) in [6.45, 7) is 4.79. The van der Waals surface area contributed by atoms with Crippen molar-refractivity contribution in [3.05, 3.63) is 29.3 Å². The molecule has 0 amide bonds. The summed E-state index contributed by atoms with van der Waals surface area (Å²) < 4.78 is 5.50. The average Bonchev–Trinajstić information content (AvgIpc) is 3.03. The maximum absolute atomic E-state index is 12.2. The number of carbonyl (C=O) groups excluding carboxylic acids is 1. The second-order valence-electron chi connectivity index (χ2n) is 5.75. The topological polar surface area (TPSA) is 38.3 Å². The molecule has 3 nitrogen and oxygen atoms in total. The third-order valence-corrected chi connectivity index (χ3v) is 4.34. The fourth-order valence-corrected chi connectivity index (χ4v) is 3.09. The number of aryl methyl sites for hydroxylation is 1. The van der Waals surface area contributed by atoms with Crippen LogP contribution in [0.3, 0.4) is 0 Å². The van der Waals surface area contributed by atoms with Crippen LogP contribution in [0.15, 0.2) is 18.2 Å². The molecule has 0 aliphatic carbocycles. The van der Waals surface area contributed by atoms with E-state index in [0.29, 0.717) is 18.1 Å². The van der Waals surface area contributed by atoms with Gasteiger partial charge in [-0.2, -0.15) is 0 Å². The molecular formula is C16H21NO2. The lowest BCUT2D eigenvalue weighted by molar-refractivity contribution is -0.123. The zero-order chi connectivity index (χ0) is 13.2. The van der Waals surface area contributed by atoms with Gasteiger partial charge in [-0.05, 0) is 36.1 Å². The molecule has 1 saturated heterocycles. The van der Waals surface area contributed by atoms with Gasteiger partial charge < -0.3 is 10.1 Å². The van der Waals surface area contributed by atoms with Gasteiger partial charge in [-0.3, -0.25) is 4.79 Å². The van der Waals surface area contributed by atoms with Gasteiger partial charge in [0.05, 0.1) is 6.61 Å². The van der Waals surface area contributed by atoms with E-state index in [1.165, 1.54) is 11.1 Å². The Morgan fingerprint density at radius 3 is 3.11 bits per heavy atom. The van der Waals surface area contributed by atoms with Crippen molar-refractivity contribution in [1.29, 1.82) is 0 Å². The van der Waals surface area contributed by atoms with E-state index < -0.39 is 0 Å². The Hall–Kier alpha value is -1.35. The van der Waals surface area contributed by atoms with E-state index in [0.717, 1.165) is 38.3 Å². The molecule has 2 aliphatic rings. The van der Waals surface area contributed by atoms with Crippen LogP contribution in [-0.2, 0) is 17.6 Å². The average molecular weight is 259 g/mol. The zero-order valence-electron chi connectivity index (χ0n) is 11.4. The van der Waals surface area contributed by atoms with Crippen molar-refractivity contribution < 1.29 is 9.53 Å². The lowest BCUT2D eigenvalue weighted by atomic mass is 9.90. The summed E-state index contributed by atoms with van der Waals surface area (Å²) in [4.78, 5) is 12.2. The van der Waals surface area contributed by atoms with E-state index in [2.05, 4.69) is 24.4 Å².